The average molecular weight is 483 g/mol. The number of amides is 1. The van der Waals surface area contributed by atoms with Crippen LogP contribution in [-0.4, -0.2) is 28.5 Å². The molecule has 3 aromatic rings. The first-order valence-corrected chi connectivity index (χ1v) is 12.0. The SMILES string of the molecule is N=C(Cc1sc2ccccc2c1C(=O)Nc1ccc(Cl)cc1)C(=O)C1CCCCC1C(=O)O. The summed E-state index contributed by atoms with van der Waals surface area (Å²) in [7, 11) is 0. The molecule has 6 nitrogen and oxygen atoms in total. The molecule has 8 heteroatoms. The number of aliphatic carboxylic acids is 1. The van der Waals surface area contributed by atoms with Gasteiger partial charge in [0, 0.05) is 38.0 Å². The van der Waals surface area contributed by atoms with Gasteiger partial charge in [-0.1, -0.05) is 42.6 Å². The van der Waals surface area contributed by atoms with E-state index in [1.54, 1.807) is 24.3 Å². The number of hydrogen-bond acceptors (Lipinski definition) is 5. The molecule has 1 heterocycles. The Morgan fingerprint density at radius 2 is 1.70 bits per heavy atom. The minimum Gasteiger partial charge on any atom is -0.481 e. The lowest BCUT2D eigenvalue weighted by Crippen LogP contribution is -2.36. The summed E-state index contributed by atoms with van der Waals surface area (Å²) in [4.78, 5) is 38.5. The van der Waals surface area contributed by atoms with Crippen molar-refractivity contribution < 1.29 is 19.5 Å². The van der Waals surface area contributed by atoms with E-state index in [1.165, 1.54) is 11.3 Å². The van der Waals surface area contributed by atoms with E-state index in [0.29, 0.717) is 34.0 Å². The first-order valence-electron chi connectivity index (χ1n) is 10.8. The van der Waals surface area contributed by atoms with Crippen molar-refractivity contribution in [1.29, 1.82) is 5.41 Å². The van der Waals surface area contributed by atoms with Crippen molar-refractivity contribution in [1.82, 2.24) is 0 Å². The largest absolute Gasteiger partial charge is 0.481 e. The van der Waals surface area contributed by atoms with Gasteiger partial charge in [0.15, 0.2) is 5.78 Å². The summed E-state index contributed by atoms with van der Waals surface area (Å²) in [6.07, 6.45) is 2.49. The Balaban J connectivity index is 1.61. The smallest absolute Gasteiger partial charge is 0.307 e. The molecule has 1 amide bonds. The summed E-state index contributed by atoms with van der Waals surface area (Å²) in [5.74, 6) is -3.16. The molecule has 0 bridgehead atoms. The standard InChI is InChI=1S/C25H23ClN2O4S/c26-14-9-11-15(12-10-14)28-24(30)22-18-7-3-4-8-20(18)33-21(22)13-19(27)23(29)16-5-1-2-6-17(16)25(31)32/h3-4,7-12,16-17,27H,1-2,5-6,13H2,(H,28,30)(H,31,32). The Kier molecular flexibility index (Phi) is 6.91. The topological polar surface area (TPSA) is 107 Å². The van der Waals surface area contributed by atoms with Crippen LogP contribution >= 0.6 is 22.9 Å². The molecule has 33 heavy (non-hydrogen) atoms. The maximum Gasteiger partial charge on any atom is 0.307 e. The van der Waals surface area contributed by atoms with E-state index in [0.717, 1.165) is 22.9 Å². The summed E-state index contributed by atoms with van der Waals surface area (Å²) < 4.78 is 0.884. The molecule has 1 aliphatic carbocycles. The number of fused-ring (bicyclic) bond motifs is 1. The van der Waals surface area contributed by atoms with Gasteiger partial charge in [0.05, 0.1) is 17.2 Å². The first-order chi connectivity index (χ1) is 15.8. The van der Waals surface area contributed by atoms with Crippen LogP contribution in [0.25, 0.3) is 10.1 Å². The molecule has 1 aliphatic rings. The molecule has 0 radical (unpaired) electrons. The number of anilines is 1. The van der Waals surface area contributed by atoms with E-state index >= 15 is 0 Å². The molecule has 1 saturated carbocycles. The van der Waals surface area contributed by atoms with Gasteiger partial charge in [-0.05, 0) is 43.2 Å². The number of rotatable bonds is 7. The van der Waals surface area contributed by atoms with Gasteiger partial charge in [-0.25, -0.2) is 0 Å². The number of hydrogen-bond donors (Lipinski definition) is 3. The highest BCUT2D eigenvalue weighted by Gasteiger charge is 2.37. The second kappa shape index (κ2) is 9.85. The average Bonchev–Trinajstić information content (AvgIpc) is 3.17. The molecule has 1 aromatic heterocycles. The second-order valence-corrected chi connectivity index (χ2v) is 9.79. The highest BCUT2D eigenvalue weighted by atomic mass is 35.5. The molecular formula is C25H23ClN2O4S. The van der Waals surface area contributed by atoms with E-state index in [-0.39, 0.29) is 18.0 Å². The van der Waals surface area contributed by atoms with E-state index in [9.17, 15) is 19.5 Å². The number of carboxylic acids is 1. The fourth-order valence-electron chi connectivity index (χ4n) is 4.41. The highest BCUT2D eigenvalue weighted by Crippen LogP contribution is 2.35. The molecule has 0 saturated heterocycles. The number of ketones is 1. The van der Waals surface area contributed by atoms with Gasteiger partial charge in [-0.15, -0.1) is 11.3 Å². The Morgan fingerprint density at radius 1 is 1.03 bits per heavy atom. The van der Waals surface area contributed by atoms with Gasteiger partial charge in [-0.2, -0.15) is 0 Å². The van der Waals surface area contributed by atoms with Crippen molar-refractivity contribution in [3.8, 4) is 0 Å². The summed E-state index contributed by atoms with van der Waals surface area (Å²) >= 11 is 7.30. The third-order valence-corrected chi connectivity index (χ3v) is 7.47. The number of Topliss-reactive ketones (excluding diaryl/α,β-unsaturated/α-hetero) is 1. The predicted octanol–water partition coefficient (Wildman–Crippen LogP) is 5.83. The van der Waals surface area contributed by atoms with Gasteiger partial charge in [-0.3, -0.25) is 14.4 Å². The zero-order valence-electron chi connectivity index (χ0n) is 17.8. The fraction of sp³-hybridized carbons (Fsp3) is 0.280. The number of halogens is 1. The summed E-state index contributed by atoms with van der Waals surface area (Å²) in [6, 6.07) is 14.2. The lowest BCUT2D eigenvalue weighted by Gasteiger charge is -2.27. The zero-order valence-corrected chi connectivity index (χ0v) is 19.3. The quantitative estimate of drug-likeness (QED) is 0.368. The van der Waals surface area contributed by atoms with Crippen molar-refractivity contribution >= 4 is 62.1 Å². The maximum atomic E-state index is 13.2. The molecule has 3 N–H and O–H groups in total. The molecular weight excluding hydrogens is 460 g/mol. The highest BCUT2D eigenvalue weighted by molar-refractivity contribution is 7.19. The fourth-order valence-corrected chi connectivity index (χ4v) is 5.75. The molecule has 4 rings (SSSR count). The predicted molar refractivity (Wildman–Crippen MR) is 131 cm³/mol. The van der Waals surface area contributed by atoms with Crippen LogP contribution in [0.2, 0.25) is 5.02 Å². The third-order valence-electron chi connectivity index (χ3n) is 6.05. The van der Waals surface area contributed by atoms with Gasteiger partial charge in [0.1, 0.15) is 0 Å². The Morgan fingerprint density at radius 3 is 2.39 bits per heavy atom. The lowest BCUT2D eigenvalue weighted by atomic mass is 9.75. The van der Waals surface area contributed by atoms with Crippen LogP contribution in [-0.2, 0) is 16.0 Å². The minimum atomic E-state index is -0.981. The zero-order chi connectivity index (χ0) is 23.5. The molecule has 2 aromatic carbocycles. The van der Waals surface area contributed by atoms with Crippen LogP contribution in [0.4, 0.5) is 5.69 Å². The van der Waals surface area contributed by atoms with Crippen LogP contribution in [0.15, 0.2) is 48.5 Å². The molecule has 1 fully saturated rings. The number of nitrogens with one attached hydrogen (secondary N) is 2. The number of carbonyl (C=O) groups is 3. The van der Waals surface area contributed by atoms with Crippen LogP contribution in [0.1, 0.15) is 40.9 Å². The number of benzene rings is 2. The Hall–Kier alpha value is -3.03. The third kappa shape index (κ3) is 4.99. The lowest BCUT2D eigenvalue weighted by molar-refractivity contribution is -0.147. The minimum absolute atomic E-state index is 0.00953. The number of thiophene rings is 1. The monoisotopic (exact) mass is 482 g/mol. The Bertz CT molecular complexity index is 1230. The van der Waals surface area contributed by atoms with E-state index in [1.807, 2.05) is 24.3 Å². The molecule has 170 valence electrons. The summed E-state index contributed by atoms with van der Waals surface area (Å²) in [5, 5.41) is 22.2. The van der Waals surface area contributed by atoms with Crippen molar-refractivity contribution in [2.75, 3.05) is 5.32 Å². The van der Waals surface area contributed by atoms with E-state index in [2.05, 4.69) is 5.32 Å². The first kappa shape index (κ1) is 23.1. The van der Waals surface area contributed by atoms with Crippen LogP contribution in [0.5, 0.6) is 0 Å². The Labute approximate surface area is 200 Å². The van der Waals surface area contributed by atoms with Crippen LogP contribution in [0, 0.1) is 17.2 Å². The van der Waals surface area contributed by atoms with Gasteiger partial charge >= 0.3 is 5.97 Å². The van der Waals surface area contributed by atoms with Crippen molar-refractivity contribution in [3.05, 3.63) is 64.0 Å². The second-order valence-electron chi connectivity index (χ2n) is 8.21. The normalized spacial score (nSPS) is 18.1. The van der Waals surface area contributed by atoms with Gasteiger partial charge in [0.2, 0.25) is 0 Å². The van der Waals surface area contributed by atoms with Crippen molar-refractivity contribution in [2.45, 2.75) is 32.1 Å². The van der Waals surface area contributed by atoms with Gasteiger partial charge in [0.25, 0.3) is 5.91 Å². The molecule has 0 aliphatic heterocycles. The van der Waals surface area contributed by atoms with Crippen LogP contribution in [0.3, 0.4) is 0 Å². The summed E-state index contributed by atoms with van der Waals surface area (Å²) in [6.45, 7) is 0. The molecule has 2 atom stereocenters. The van der Waals surface area contributed by atoms with Crippen molar-refractivity contribution in [2.24, 2.45) is 11.8 Å². The van der Waals surface area contributed by atoms with E-state index < -0.39 is 23.6 Å². The van der Waals surface area contributed by atoms with Crippen molar-refractivity contribution in [3.63, 3.8) is 0 Å². The molecule has 0 spiro atoms. The maximum absolute atomic E-state index is 13.2. The summed E-state index contributed by atoms with van der Waals surface area (Å²) in [5.41, 5.74) is 0.866. The number of carbonyl (C=O) groups excluding carboxylic acids is 2. The van der Waals surface area contributed by atoms with Gasteiger partial charge < -0.3 is 15.8 Å². The number of carboxylic acid groups (broad SMARTS) is 1. The van der Waals surface area contributed by atoms with Crippen LogP contribution < -0.4 is 5.32 Å². The molecule has 2 unspecified atom stereocenters. The van der Waals surface area contributed by atoms with E-state index in [4.69, 9.17) is 17.0 Å².